The zero-order valence-corrected chi connectivity index (χ0v) is 11.1. The number of hydrogen-bond donors (Lipinski definition) is 3. The minimum atomic E-state index is -1.14. The third-order valence-corrected chi connectivity index (χ3v) is 2.87. The molecule has 3 N–H and O–H groups in total. The fourth-order valence-electron chi connectivity index (χ4n) is 1.82. The Balaban J connectivity index is 2.75. The van der Waals surface area contributed by atoms with E-state index in [4.69, 9.17) is 0 Å². The van der Waals surface area contributed by atoms with E-state index in [9.17, 15) is 19.8 Å². The first-order valence-corrected chi connectivity index (χ1v) is 6.12. The van der Waals surface area contributed by atoms with Crippen molar-refractivity contribution in [2.24, 2.45) is 0 Å². The van der Waals surface area contributed by atoms with Crippen LogP contribution in [0.4, 0.5) is 0 Å². The lowest BCUT2D eigenvalue weighted by molar-refractivity contribution is -0.119. The van der Waals surface area contributed by atoms with E-state index in [0.717, 1.165) is 5.56 Å². The molecule has 0 aliphatic heterocycles. The molecular formula is C14H19NO4. The van der Waals surface area contributed by atoms with Gasteiger partial charge in [0.2, 0.25) is 5.91 Å². The molecule has 104 valence electrons. The van der Waals surface area contributed by atoms with E-state index in [1.807, 2.05) is 6.92 Å². The van der Waals surface area contributed by atoms with Crippen molar-refractivity contribution in [3.63, 3.8) is 0 Å². The molecule has 0 aliphatic rings. The minimum absolute atomic E-state index is 0.189. The van der Waals surface area contributed by atoms with Crippen LogP contribution in [0.5, 0.6) is 0 Å². The standard InChI is InChI=1S/C14H19NO4/c1-9-3-4-11(8-16)12(7-9)14(19)13(18)5-6-15-10(2)17/h3-4,7-8,13-14,18-19H,5-6H2,1-2H3,(H,15,17). The molecule has 0 aliphatic carbocycles. The Labute approximate surface area is 112 Å². The molecule has 19 heavy (non-hydrogen) atoms. The van der Waals surface area contributed by atoms with Crippen LogP contribution in [0.3, 0.4) is 0 Å². The SMILES string of the molecule is CC(=O)NCCC(O)C(O)c1cc(C)ccc1C=O. The van der Waals surface area contributed by atoms with Crippen molar-refractivity contribution >= 4 is 12.2 Å². The van der Waals surface area contributed by atoms with Gasteiger partial charge >= 0.3 is 0 Å². The van der Waals surface area contributed by atoms with Gasteiger partial charge < -0.3 is 15.5 Å². The highest BCUT2D eigenvalue weighted by atomic mass is 16.3. The molecule has 5 heteroatoms. The lowest BCUT2D eigenvalue weighted by Gasteiger charge is -2.20. The molecule has 2 unspecified atom stereocenters. The summed E-state index contributed by atoms with van der Waals surface area (Å²) in [7, 11) is 0. The quantitative estimate of drug-likeness (QED) is 0.662. The van der Waals surface area contributed by atoms with Crippen LogP contribution in [0.2, 0.25) is 0 Å². The van der Waals surface area contributed by atoms with Crippen LogP contribution in [0.15, 0.2) is 18.2 Å². The van der Waals surface area contributed by atoms with Crippen LogP contribution in [0, 0.1) is 6.92 Å². The Hall–Kier alpha value is -1.72. The van der Waals surface area contributed by atoms with Crippen molar-refractivity contribution < 1.29 is 19.8 Å². The maximum Gasteiger partial charge on any atom is 0.216 e. The lowest BCUT2D eigenvalue weighted by atomic mass is 9.96. The van der Waals surface area contributed by atoms with Crippen molar-refractivity contribution in [1.29, 1.82) is 0 Å². The third-order valence-electron chi connectivity index (χ3n) is 2.87. The number of benzene rings is 1. The normalized spacial score (nSPS) is 13.7. The summed E-state index contributed by atoms with van der Waals surface area (Å²) in [6, 6.07) is 5.06. The molecule has 1 aromatic rings. The largest absolute Gasteiger partial charge is 0.390 e. The molecule has 1 rings (SSSR count). The topological polar surface area (TPSA) is 86.6 Å². The van der Waals surface area contributed by atoms with Crippen molar-refractivity contribution in [2.45, 2.75) is 32.5 Å². The summed E-state index contributed by atoms with van der Waals surface area (Å²) >= 11 is 0. The fraction of sp³-hybridized carbons (Fsp3) is 0.429. The van der Waals surface area contributed by atoms with Gasteiger partial charge in [-0.2, -0.15) is 0 Å². The van der Waals surface area contributed by atoms with Crippen molar-refractivity contribution in [3.8, 4) is 0 Å². The summed E-state index contributed by atoms with van der Waals surface area (Å²) < 4.78 is 0. The van der Waals surface area contributed by atoms with Crippen LogP contribution in [-0.2, 0) is 4.79 Å². The predicted octanol–water partition coefficient (Wildman–Crippen LogP) is 0.728. The first kappa shape index (κ1) is 15.3. The fourth-order valence-corrected chi connectivity index (χ4v) is 1.82. The van der Waals surface area contributed by atoms with Gasteiger partial charge in [0.1, 0.15) is 12.4 Å². The second-order valence-corrected chi connectivity index (χ2v) is 4.53. The highest BCUT2D eigenvalue weighted by Crippen LogP contribution is 2.23. The van der Waals surface area contributed by atoms with Crippen LogP contribution in [-0.4, -0.2) is 35.1 Å². The number of aliphatic hydroxyl groups excluding tert-OH is 2. The van der Waals surface area contributed by atoms with E-state index >= 15 is 0 Å². The molecule has 2 atom stereocenters. The molecule has 0 aromatic heterocycles. The van der Waals surface area contributed by atoms with Crippen LogP contribution >= 0.6 is 0 Å². The number of aldehydes is 1. The smallest absolute Gasteiger partial charge is 0.216 e. The molecule has 0 saturated heterocycles. The van der Waals surface area contributed by atoms with Crippen molar-refractivity contribution in [1.82, 2.24) is 5.32 Å². The van der Waals surface area contributed by atoms with Gasteiger partial charge in [0, 0.05) is 19.0 Å². The molecule has 0 radical (unpaired) electrons. The monoisotopic (exact) mass is 265 g/mol. The van der Waals surface area contributed by atoms with Gasteiger partial charge in [-0.3, -0.25) is 9.59 Å². The number of aryl methyl sites for hydroxylation is 1. The molecule has 0 heterocycles. The van der Waals surface area contributed by atoms with Crippen molar-refractivity contribution in [2.75, 3.05) is 6.54 Å². The van der Waals surface area contributed by atoms with Gasteiger partial charge in [-0.1, -0.05) is 23.8 Å². The maximum atomic E-state index is 10.9. The second kappa shape index (κ2) is 7.01. The summed E-state index contributed by atoms with van der Waals surface area (Å²) in [4.78, 5) is 21.6. The lowest BCUT2D eigenvalue weighted by Crippen LogP contribution is -2.28. The van der Waals surface area contributed by atoms with E-state index in [-0.39, 0.29) is 18.9 Å². The summed E-state index contributed by atoms with van der Waals surface area (Å²) in [5.74, 6) is -0.189. The molecule has 5 nitrogen and oxygen atoms in total. The van der Waals surface area contributed by atoms with Crippen LogP contribution in [0.1, 0.15) is 40.9 Å². The number of rotatable bonds is 6. The predicted molar refractivity (Wildman–Crippen MR) is 70.8 cm³/mol. The number of aliphatic hydroxyl groups is 2. The van der Waals surface area contributed by atoms with Gasteiger partial charge in [0.05, 0.1) is 6.10 Å². The summed E-state index contributed by atoms with van der Waals surface area (Å²) in [5, 5.41) is 22.5. The Bertz CT molecular complexity index is 459. The third kappa shape index (κ3) is 4.46. The molecule has 0 spiro atoms. The molecule has 0 fully saturated rings. The number of carbonyl (C=O) groups is 2. The zero-order chi connectivity index (χ0) is 14.4. The summed E-state index contributed by atoms with van der Waals surface area (Å²) in [6.07, 6.45) is -1.31. The van der Waals surface area contributed by atoms with Gasteiger partial charge in [-0.05, 0) is 18.9 Å². The molecule has 1 amide bonds. The average molecular weight is 265 g/mol. The van der Waals surface area contributed by atoms with Gasteiger partial charge in [0.25, 0.3) is 0 Å². The summed E-state index contributed by atoms with van der Waals surface area (Å²) in [6.45, 7) is 3.50. The van der Waals surface area contributed by atoms with E-state index in [1.165, 1.54) is 6.92 Å². The number of carbonyl (C=O) groups excluding carboxylic acids is 2. The van der Waals surface area contributed by atoms with E-state index in [1.54, 1.807) is 18.2 Å². The minimum Gasteiger partial charge on any atom is -0.390 e. The van der Waals surface area contributed by atoms with Crippen LogP contribution in [0.25, 0.3) is 0 Å². The average Bonchev–Trinajstić information content (AvgIpc) is 2.37. The highest BCUT2D eigenvalue weighted by Gasteiger charge is 2.21. The molecular weight excluding hydrogens is 246 g/mol. The first-order valence-electron chi connectivity index (χ1n) is 6.12. The highest BCUT2D eigenvalue weighted by molar-refractivity contribution is 5.77. The second-order valence-electron chi connectivity index (χ2n) is 4.53. The Morgan fingerprint density at radius 3 is 2.68 bits per heavy atom. The van der Waals surface area contributed by atoms with E-state index < -0.39 is 12.2 Å². The van der Waals surface area contributed by atoms with Gasteiger partial charge in [-0.15, -0.1) is 0 Å². The van der Waals surface area contributed by atoms with Gasteiger partial charge in [0.15, 0.2) is 0 Å². The van der Waals surface area contributed by atoms with Crippen LogP contribution < -0.4 is 5.32 Å². The Morgan fingerprint density at radius 2 is 2.11 bits per heavy atom. The first-order chi connectivity index (χ1) is 8.95. The Morgan fingerprint density at radius 1 is 1.42 bits per heavy atom. The zero-order valence-electron chi connectivity index (χ0n) is 11.1. The molecule has 0 saturated carbocycles. The summed E-state index contributed by atoms with van der Waals surface area (Å²) in [5.41, 5.74) is 1.66. The van der Waals surface area contributed by atoms with Crippen molar-refractivity contribution in [3.05, 3.63) is 34.9 Å². The molecule has 1 aromatic carbocycles. The maximum absolute atomic E-state index is 10.9. The number of nitrogens with one attached hydrogen (secondary N) is 1. The van der Waals surface area contributed by atoms with Gasteiger partial charge in [-0.25, -0.2) is 0 Å². The number of hydrogen-bond acceptors (Lipinski definition) is 4. The number of amides is 1. The molecule has 0 bridgehead atoms. The van der Waals surface area contributed by atoms with E-state index in [0.29, 0.717) is 17.4 Å². The Kier molecular flexibility index (Phi) is 5.66. The van der Waals surface area contributed by atoms with E-state index in [2.05, 4.69) is 5.32 Å².